The number of aromatic carboxylic acids is 1. The molecule has 0 saturated heterocycles. The van der Waals surface area contributed by atoms with Crippen LogP contribution in [0.15, 0.2) is 29.6 Å². The molecular weight excluding hydrogens is 356 g/mol. The topological polar surface area (TPSA) is 79.3 Å². The Kier molecular flexibility index (Phi) is 6.88. The number of aromatic nitrogens is 1. The van der Waals surface area contributed by atoms with Crippen LogP contribution in [0.4, 0.5) is 0 Å². The minimum absolute atomic E-state index is 0.0426. The Balaban J connectivity index is 1.63. The smallest absolute Gasteiger partial charge is 0.355 e. The number of rotatable bonds is 8. The third-order valence-corrected chi connectivity index (χ3v) is 5.01. The van der Waals surface area contributed by atoms with Crippen molar-refractivity contribution >= 4 is 46.6 Å². The quantitative estimate of drug-likeness (QED) is 0.746. The highest BCUT2D eigenvalue weighted by Crippen LogP contribution is 2.15. The lowest BCUT2D eigenvalue weighted by atomic mass is 10.2. The van der Waals surface area contributed by atoms with E-state index in [1.54, 1.807) is 0 Å². The van der Waals surface area contributed by atoms with Gasteiger partial charge in [0.2, 0.25) is 5.91 Å². The molecule has 23 heavy (non-hydrogen) atoms. The molecule has 122 valence electrons. The molecule has 2 rings (SSSR count). The standard InChI is InChI=1S/C15H15ClN2O3S2/c16-11-3-1-10(2-4-11)7-22-9-13(19)17-6-5-14-18-12(8-23-14)15(20)21/h1-4,8H,5-7,9H2,(H,17,19)(H,20,21). The third kappa shape index (κ3) is 6.21. The van der Waals surface area contributed by atoms with Gasteiger partial charge in [-0.2, -0.15) is 0 Å². The van der Waals surface area contributed by atoms with Crippen LogP contribution in [0, 0.1) is 0 Å². The highest BCUT2D eigenvalue weighted by molar-refractivity contribution is 7.99. The molecule has 2 N–H and O–H groups in total. The van der Waals surface area contributed by atoms with Crippen LogP contribution in [0.5, 0.6) is 0 Å². The average molecular weight is 371 g/mol. The second kappa shape index (κ2) is 8.90. The van der Waals surface area contributed by atoms with Crippen molar-refractivity contribution in [3.8, 4) is 0 Å². The molecular formula is C15H15ClN2O3S2. The summed E-state index contributed by atoms with van der Waals surface area (Å²) < 4.78 is 0. The van der Waals surface area contributed by atoms with Crippen molar-refractivity contribution in [2.45, 2.75) is 12.2 Å². The van der Waals surface area contributed by atoms with E-state index in [2.05, 4.69) is 10.3 Å². The van der Waals surface area contributed by atoms with Crippen LogP contribution in [0.2, 0.25) is 5.02 Å². The molecule has 5 nitrogen and oxygen atoms in total. The second-order valence-corrected chi connectivity index (χ2v) is 7.02. The lowest BCUT2D eigenvalue weighted by Crippen LogP contribution is -2.27. The zero-order valence-electron chi connectivity index (χ0n) is 12.1. The first-order valence-corrected chi connectivity index (χ1v) is 9.22. The first-order chi connectivity index (χ1) is 11.0. The molecule has 0 fully saturated rings. The lowest BCUT2D eigenvalue weighted by molar-refractivity contribution is -0.118. The summed E-state index contributed by atoms with van der Waals surface area (Å²) in [6.45, 7) is 0.451. The Labute approximate surface area is 147 Å². The molecule has 0 bridgehead atoms. The molecule has 0 atom stereocenters. The highest BCUT2D eigenvalue weighted by atomic mass is 35.5. The molecule has 0 unspecified atom stereocenters. The number of thioether (sulfide) groups is 1. The maximum atomic E-state index is 11.7. The van der Waals surface area contributed by atoms with E-state index in [0.717, 1.165) is 11.3 Å². The van der Waals surface area contributed by atoms with Gasteiger partial charge in [-0.1, -0.05) is 23.7 Å². The predicted molar refractivity (Wildman–Crippen MR) is 93.4 cm³/mol. The number of hydrogen-bond donors (Lipinski definition) is 2. The van der Waals surface area contributed by atoms with Gasteiger partial charge in [-0.05, 0) is 17.7 Å². The summed E-state index contributed by atoms with van der Waals surface area (Å²) >= 11 is 8.63. The number of carboxylic acid groups (broad SMARTS) is 1. The maximum absolute atomic E-state index is 11.7. The van der Waals surface area contributed by atoms with Crippen molar-refractivity contribution in [2.75, 3.05) is 12.3 Å². The minimum atomic E-state index is -1.03. The Bertz CT molecular complexity index is 674. The van der Waals surface area contributed by atoms with Crippen LogP contribution >= 0.6 is 34.7 Å². The van der Waals surface area contributed by atoms with Gasteiger partial charge in [-0.15, -0.1) is 23.1 Å². The Hall–Kier alpha value is -1.57. The molecule has 0 radical (unpaired) electrons. The number of halogens is 1. The molecule has 0 aliphatic carbocycles. The van der Waals surface area contributed by atoms with Gasteiger partial charge in [0.1, 0.15) is 0 Å². The van der Waals surface area contributed by atoms with Crippen LogP contribution in [0.1, 0.15) is 21.1 Å². The Morgan fingerprint density at radius 3 is 2.70 bits per heavy atom. The molecule has 1 aromatic carbocycles. The van der Waals surface area contributed by atoms with Crippen molar-refractivity contribution in [2.24, 2.45) is 0 Å². The van der Waals surface area contributed by atoms with Gasteiger partial charge in [0, 0.05) is 29.1 Å². The fourth-order valence-electron chi connectivity index (χ4n) is 1.73. The van der Waals surface area contributed by atoms with Gasteiger partial charge in [0.15, 0.2) is 5.69 Å². The summed E-state index contributed by atoms with van der Waals surface area (Å²) in [6, 6.07) is 7.54. The Morgan fingerprint density at radius 1 is 1.30 bits per heavy atom. The summed E-state index contributed by atoms with van der Waals surface area (Å²) in [7, 11) is 0. The molecule has 8 heteroatoms. The number of hydrogen-bond acceptors (Lipinski definition) is 5. The van der Waals surface area contributed by atoms with E-state index in [1.165, 1.54) is 28.5 Å². The van der Waals surface area contributed by atoms with Gasteiger partial charge < -0.3 is 10.4 Å². The number of amides is 1. The minimum Gasteiger partial charge on any atom is -0.476 e. The van der Waals surface area contributed by atoms with Crippen LogP contribution < -0.4 is 5.32 Å². The van der Waals surface area contributed by atoms with Gasteiger partial charge in [-0.3, -0.25) is 4.79 Å². The van der Waals surface area contributed by atoms with Gasteiger partial charge in [-0.25, -0.2) is 9.78 Å². The fraction of sp³-hybridized carbons (Fsp3) is 0.267. The first-order valence-electron chi connectivity index (χ1n) is 6.81. The molecule has 0 spiro atoms. The Morgan fingerprint density at radius 2 is 2.04 bits per heavy atom. The number of carbonyl (C=O) groups excluding carboxylic acids is 1. The van der Waals surface area contributed by atoms with Gasteiger partial charge >= 0.3 is 5.97 Å². The van der Waals surface area contributed by atoms with E-state index in [1.807, 2.05) is 24.3 Å². The van der Waals surface area contributed by atoms with Crippen LogP contribution in [-0.4, -0.2) is 34.3 Å². The van der Waals surface area contributed by atoms with Crippen molar-refractivity contribution in [1.82, 2.24) is 10.3 Å². The zero-order chi connectivity index (χ0) is 16.7. The van der Waals surface area contributed by atoms with E-state index in [4.69, 9.17) is 16.7 Å². The van der Waals surface area contributed by atoms with Crippen molar-refractivity contribution < 1.29 is 14.7 Å². The maximum Gasteiger partial charge on any atom is 0.355 e. The van der Waals surface area contributed by atoms with Crippen molar-refractivity contribution in [3.05, 3.63) is 50.9 Å². The van der Waals surface area contributed by atoms with Crippen molar-refractivity contribution in [3.63, 3.8) is 0 Å². The molecule has 2 aromatic rings. The van der Waals surface area contributed by atoms with E-state index in [0.29, 0.717) is 28.7 Å². The average Bonchev–Trinajstić information content (AvgIpc) is 2.98. The summed E-state index contributed by atoms with van der Waals surface area (Å²) in [5.74, 6) is 0.0500. The van der Waals surface area contributed by atoms with E-state index < -0.39 is 5.97 Å². The normalized spacial score (nSPS) is 10.5. The molecule has 0 aliphatic rings. The summed E-state index contributed by atoms with van der Waals surface area (Å²) in [5.41, 5.74) is 1.17. The van der Waals surface area contributed by atoms with E-state index >= 15 is 0 Å². The zero-order valence-corrected chi connectivity index (χ0v) is 14.5. The number of carboxylic acids is 1. The number of carbonyl (C=O) groups is 2. The number of nitrogens with zero attached hydrogens (tertiary/aromatic N) is 1. The molecule has 1 aromatic heterocycles. The number of thiazole rings is 1. The molecule has 1 heterocycles. The molecule has 0 saturated carbocycles. The summed E-state index contributed by atoms with van der Waals surface area (Å²) in [6.07, 6.45) is 0.533. The van der Waals surface area contributed by atoms with Crippen LogP contribution in [0.25, 0.3) is 0 Å². The van der Waals surface area contributed by atoms with Gasteiger partial charge in [0.25, 0.3) is 0 Å². The fourth-order valence-corrected chi connectivity index (χ4v) is 3.44. The monoisotopic (exact) mass is 370 g/mol. The molecule has 1 amide bonds. The van der Waals surface area contributed by atoms with Crippen molar-refractivity contribution in [1.29, 1.82) is 0 Å². The predicted octanol–water partition coefficient (Wildman–Crippen LogP) is 3.09. The molecule has 0 aliphatic heterocycles. The summed E-state index contributed by atoms with van der Waals surface area (Å²) in [5, 5.41) is 14.5. The number of nitrogens with one attached hydrogen (secondary N) is 1. The largest absolute Gasteiger partial charge is 0.476 e. The van der Waals surface area contributed by atoms with E-state index in [9.17, 15) is 9.59 Å². The first kappa shape index (κ1) is 17.8. The third-order valence-electron chi connectivity index (χ3n) is 2.85. The van der Waals surface area contributed by atoms with Crippen LogP contribution in [0.3, 0.4) is 0 Å². The summed E-state index contributed by atoms with van der Waals surface area (Å²) in [4.78, 5) is 26.4. The van der Waals surface area contributed by atoms with Gasteiger partial charge in [0.05, 0.1) is 10.8 Å². The lowest BCUT2D eigenvalue weighted by Gasteiger charge is -2.04. The highest BCUT2D eigenvalue weighted by Gasteiger charge is 2.09. The van der Waals surface area contributed by atoms with Crippen LogP contribution in [-0.2, 0) is 17.0 Å². The van der Waals surface area contributed by atoms with E-state index in [-0.39, 0.29) is 11.6 Å². The SMILES string of the molecule is O=C(CSCc1ccc(Cl)cc1)NCCc1nc(C(=O)O)cs1. The second-order valence-electron chi connectivity index (χ2n) is 4.65. The number of benzene rings is 1.